The molecule has 0 fully saturated rings. The summed E-state index contributed by atoms with van der Waals surface area (Å²) in [7, 11) is 1.59. The fraction of sp³-hybridized carbons (Fsp3) is 0.792. The van der Waals surface area contributed by atoms with Crippen LogP contribution < -0.4 is 5.32 Å². The van der Waals surface area contributed by atoms with Gasteiger partial charge in [0.05, 0.1) is 39.9 Å². The molecule has 3 atom stereocenters. The van der Waals surface area contributed by atoms with E-state index in [0.717, 1.165) is 77.0 Å². The maximum atomic E-state index is 12.9. The molecule has 0 spiro atoms. The van der Waals surface area contributed by atoms with Gasteiger partial charge in [-0.1, -0.05) is 216 Å². The van der Waals surface area contributed by atoms with Crippen LogP contribution in [0.15, 0.2) is 60.8 Å². The van der Waals surface area contributed by atoms with E-state index in [-0.39, 0.29) is 19.1 Å². The molecule has 62 heavy (non-hydrogen) atoms. The third-order valence-corrected chi connectivity index (χ3v) is 12.3. The second kappa shape index (κ2) is 44.4. The second-order valence-corrected chi connectivity index (χ2v) is 20.0. The third kappa shape index (κ3) is 46.2. The highest BCUT2D eigenvalue weighted by Crippen LogP contribution is 2.43. The first-order chi connectivity index (χ1) is 30.0. The smallest absolute Gasteiger partial charge is 0.391 e. The number of aliphatic hydroxyl groups is 1. The van der Waals surface area contributed by atoms with Gasteiger partial charge in [0.1, 0.15) is 13.2 Å². The molecule has 0 aromatic carbocycles. The van der Waals surface area contributed by atoms with Crippen molar-refractivity contribution in [1.82, 2.24) is 5.32 Å². The Bertz CT molecular complexity index is 1190. The highest BCUT2D eigenvalue weighted by atomic mass is 31.2. The molecular formula is C53H100N2O6P+. The van der Waals surface area contributed by atoms with Crippen LogP contribution in [-0.2, 0) is 18.4 Å². The summed E-state index contributed by atoms with van der Waals surface area (Å²) in [6.07, 6.45) is 58.3. The number of phosphoric ester groups is 1. The van der Waals surface area contributed by atoms with E-state index in [4.69, 9.17) is 9.05 Å². The number of unbranched alkanes of at least 4 members (excludes halogenated alkanes) is 23. The van der Waals surface area contributed by atoms with Crippen LogP contribution >= 0.6 is 7.82 Å². The maximum Gasteiger partial charge on any atom is 0.472 e. The number of amides is 1. The predicted octanol–water partition coefficient (Wildman–Crippen LogP) is 15.0. The molecule has 0 aromatic heterocycles. The van der Waals surface area contributed by atoms with Gasteiger partial charge in [-0.3, -0.25) is 13.8 Å². The van der Waals surface area contributed by atoms with E-state index in [1.807, 2.05) is 21.1 Å². The van der Waals surface area contributed by atoms with Gasteiger partial charge in [-0.2, -0.15) is 0 Å². The van der Waals surface area contributed by atoms with E-state index in [0.29, 0.717) is 23.9 Å². The number of hydrogen-bond donors (Lipinski definition) is 3. The highest BCUT2D eigenvalue weighted by Gasteiger charge is 2.28. The monoisotopic (exact) mass is 892 g/mol. The molecule has 0 saturated carbocycles. The molecule has 0 heterocycles. The number of quaternary nitrogens is 1. The molecule has 8 nitrogen and oxygen atoms in total. The number of rotatable bonds is 46. The molecule has 0 rings (SSSR count). The van der Waals surface area contributed by atoms with Gasteiger partial charge in [-0.25, -0.2) is 4.57 Å². The van der Waals surface area contributed by atoms with Gasteiger partial charge < -0.3 is 19.8 Å². The minimum Gasteiger partial charge on any atom is -0.391 e. The molecule has 0 saturated heterocycles. The van der Waals surface area contributed by atoms with Gasteiger partial charge in [-0.15, -0.1) is 0 Å². The van der Waals surface area contributed by atoms with E-state index in [1.54, 1.807) is 0 Å². The van der Waals surface area contributed by atoms with Crippen molar-refractivity contribution >= 4 is 13.7 Å². The zero-order chi connectivity index (χ0) is 45.7. The summed E-state index contributed by atoms with van der Waals surface area (Å²) >= 11 is 0. The Morgan fingerprint density at radius 2 is 0.968 bits per heavy atom. The molecule has 362 valence electrons. The number of nitrogens with zero attached hydrogens (tertiary/aromatic N) is 1. The van der Waals surface area contributed by atoms with Crippen molar-refractivity contribution in [1.29, 1.82) is 0 Å². The average Bonchev–Trinajstić information content (AvgIpc) is 3.23. The number of allylic oxidation sites excluding steroid dienone is 10. The first-order valence-corrected chi connectivity index (χ1v) is 27.1. The van der Waals surface area contributed by atoms with E-state index in [2.05, 4.69) is 79.9 Å². The number of nitrogens with one attached hydrogen (secondary N) is 1. The van der Waals surface area contributed by atoms with Gasteiger partial charge in [0, 0.05) is 6.42 Å². The largest absolute Gasteiger partial charge is 0.472 e. The topological polar surface area (TPSA) is 105 Å². The van der Waals surface area contributed by atoms with Gasteiger partial charge in [-0.05, 0) is 57.8 Å². The molecule has 0 aliphatic carbocycles. The molecule has 0 aliphatic heterocycles. The zero-order valence-electron chi connectivity index (χ0n) is 41.1. The first-order valence-electron chi connectivity index (χ1n) is 25.7. The van der Waals surface area contributed by atoms with Crippen molar-refractivity contribution in [3.8, 4) is 0 Å². The van der Waals surface area contributed by atoms with Crippen LogP contribution in [0.2, 0.25) is 0 Å². The van der Waals surface area contributed by atoms with Crippen LogP contribution in [0, 0.1) is 0 Å². The maximum absolute atomic E-state index is 12.9. The Labute approximate surface area is 383 Å². The summed E-state index contributed by atoms with van der Waals surface area (Å²) in [6, 6.07) is -0.781. The summed E-state index contributed by atoms with van der Waals surface area (Å²) < 4.78 is 23.7. The third-order valence-electron chi connectivity index (χ3n) is 11.3. The molecule has 1 amide bonds. The number of carbonyl (C=O) groups is 1. The van der Waals surface area contributed by atoms with Crippen molar-refractivity contribution in [3.05, 3.63) is 60.8 Å². The van der Waals surface area contributed by atoms with Gasteiger partial charge >= 0.3 is 7.82 Å². The van der Waals surface area contributed by atoms with Gasteiger partial charge in [0.2, 0.25) is 5.91 Å². The Morgan fingerprint density at radius 1 is 0.565 bits per heavy atom. The summed E-state index contributed by atoms with van der Waals surface area (Å²) in [5.41, 5.74) is 0. The Hall–Kier alpha value is -1.80. The molecule has 3 N–H and O–H groups in total. The SMILES string of the molecule is CC/C=C\C/C=C\C/C=C\C/C=C\C/C=C\CCCCCC(=O)NC(COP(=O)(O)OCC[N+](C)(C)C)C(O)CCCCCCCCCCCCCCCCCCCCCCC. The van der Waals surface area contributed by atoms with Gasteiger partial charge in [0.15, 0.2) is 0 Å². The van der Waals surface area contributed by atoms with Crippen LogP contribution in [-0.4, -0.2) is 73.4 Å². The van der Waals surface area contributed by atoms with Crippen LogP contribution in [0.4, 0.5) is 0 Å². The molecule has 0 radical (unpaired) electrons. The van der Waals surface area contributed by atoms with Crippen molar-refractivity contribution in [2.75, 3.05) is 40.9 Å². The second-order valence-electron chi connectivity index (χ2n) is 18.5. The lowest BCUT2D eigenvalue weighted by Crippen LogP contribution is -2.46. The van der Waals surface area contributed by atoms with Crippen molar-refractivity contribution in [3.63, 3.8) is 0 Å². The fourth-order valence-corrected chi connectivity index (χ4v) is 7.99. The number of likely N-dealkylation sites (N-methyl/N-ethyl adjacent to an activating group) is 1. The average molecular weight is 892 g/mol. The molecule has 0 aromatic rings. The summed E-state index contributed by atoms with van der Waals surface area (Å²) in [4.78, 5) is 23.2. The summed E-state index contributed by atoms with van der Waals surface area (Å²) in [5, 5.41) is 14.0. The lowest BCUT2D eigenvalue weighted by Gasteiger charge is -2.26. The molecule has 9 heteroatoms. The van der Waals surface area contributed by atoms with Crippen molar-refractivity contribution in [2.24, 2.45) is 0 Å². The molecule has 0 aliphatic rings. The normalized spacial score (nSPS) is 14.6. The van der Waals surface area contributed by atoms with E-state index in [1.165, 1.54) is 116 Å². The van der Waals surface area contributed by atoms with Crippen LogP contribution in [0.3, 0.4) is 0 Å². The summed E-state index contributed by atoms with van der Waals surface area (Å²) in [6.45, 7) is 4.76. The first kappa shape index (κ1) is 60.2. The summed E-state index contributed by atoms with van der Waals surface area (Å²) in [5.74, 6) is -0.176. The zero-order valence-corrected chi connectivity index (χ0v) is 42.0. The van der Waals surface area contributed by atoms with E-state index < -0.39 is 20.0 Å². The minimum absolute atomic E-state index is 0.0654. The lowest BCUT2D eigenvalue weighted by atomic mass is 10.0. The Balaban J connectivity index is 4.33. The van der Waals surface area contributed by atoms with Crippen LogP contribution in [0.5, 0.6) is 0 Å². The number of carbonyl (C=O) groups excluding carboxylic acids is 1. The Morgan fingerprint density at radius 3 is 1.40 bits per heavy atom. The highest BCUT2D eigenvalue weighted by molar-refractivity contribution is 7.47. The van der Waals surface area contributed by atoms with Crippen LogP contribution in [0.1, 0.15) is 219 Å². The molecule has 0 bridgehead atoms. The van der Waals surface area contributed by atoms with Crippen molar-refractivity contribution < 1.29 is 32.9 Å². The van der Waals surface area contributed by atoms with Crippen molar-refractivity contribution in [2.45, 2.75) is 231 Å². The van der Waals surface area contributed by atoms with Gasteiger partial charge in [0.25, 0.3) is 0 Å². The van der Waals surface area contributed by atoms with Crippen LogP contribution in [0.25, 0.3) is 0 Å². The lowest BCUT2D eigenvalue weighted by molar-refractivity contribution is -0.870. The quantitative estimate of drug-likeness (QED) is 0.0243. The Kier molecular flexibility index (Phi) is 43.1. The standard InChI is InChI=1S/C53H99N2O6P/c1-6-8-10-12-14-16-18-20-22-24-26-27-29-30-32-34-36-38-40-42-44-46-52(56)51(50-61-62(58,59)60-49-48-55(3,4)5)54-53(57)47-45-43-41-39-37-35-33-31-28-25-23-21-19-17-15-13-11-9-7-2/h9,11,15,17,21,23,28,31,35,37,51-52,56H,6-8,10,12-14,16,18-20,22,24-27,29-30,32-34,36,38-50H2,1-5H3,(H-,54,57,58,59)/p+1/b11-9-,17-15-,23-21-,31-28-,37-35-. The number of phosphoric acid groups is 1. The molecular weight excluding hydrogens is 792 g/mol. The molecule has 3 unspecified atom stereocenters. The number of hydrogen-bond acceptors (Lipinski definition) is 5. The van der Waals surface area contributed by atoms with E-state index >= 15 is 0 Å². The minimum atomic E-state index is -4.33. The predicted molar refractivity (Wildman–Crippen MR) is 267 cm³/mol. The fourth-order valence-electron chi connectivity index (χ4n) is 7.25. The van der Waals surface area contributed by atoms with E-state index in [9.17, 15) is 19.4 Å². The number of aliphatic hydroxyl groups excluding tert-OH is 1.